The van der Waals surface area contributed by atoms with Crippen molar-refractivity contribution in [2.24, 2.45) is 12.0 Å². The van der Waals surface area contributed by atoms with E-state index in [2.05, 4.69) is 48.3 Å². The fourth-order valence-corrected chi connectivity index (χ4v) is 3.77. The third-order valence-corrected chi connectivity index (χ3v) is 5.48. The van der Waals surface area contributed by atoms with Crippen LogP contribution in [0.15, 0.2) is 41.7 Å². The van der Waals surface area contributed by atoms with Gasteiger partial charge in [0, 0.05) is 49.2 Å². The lowest BCUT2D eigenvalue weighted by atomic mass is 9.85. The average molecular weight is 516 g/mol. The Morgan fingerprint density at radius 2 is 2.18 bits per heavy atom. The van der Waals surface area contributed by atoms with Crippen molar-refractivity contribution in [1.29, 1.82) is 0 Å². The Labute approximate surface area is 190 Å². The van der Waals surface area contributed by atoms with Crippen molar-refractivity contribution in [3.05, 3.63) is 52.8 Å². The number of rotatable bonds is 5. The van der Waals surface area contributed by atoms with E-state index in [1.807, 2.05) is 36.1 Å². The van der Waals surface area contributed by atoms with E-state index in [-0.39, 0.29) is 29.4 Å². The Bertz CT molecular complexity index is 802. The van der Waals surface area contributed by atoms with E-state index < -0.39 is 0 Å². The monoisotopic (exact) mass is 515 g/mol. The Balaban J connectivity index is 0.00000280. The van der Waals surface area contributed by atoms with E-state index in [0.717, 1.165) is 37.0 Å². The molecule has 2 heterocycles. The number of hydrogen-bond donors (Lipinski definition) is 1. The summed E-state index contributed by atoms with van der Waals surface area (Å²) in [6.45, 7) is 10.1. The first-order chi connectivity index (χ1) is 12.9. The van der Waals surface area contributed by atoms with Crippen LogP contribution in [0.4, 0.5) is 0 Å². The minimum atomic E-state index is -0.0754. The number of hydrogen-bond acceptors (Lipinski definition) is 2. The van der Waals surface area contributed by atoms with Crippen molar-refractivity contribution in [2.75, 3.05) is 26.2 Å². The van der Waals surface area contributed by atoms with Crippen molar-refractivity contribution < 1.29 is 0 Å². The number of aliphatic imine (C=N–C) groups is 1. The van der Waals surface area contributed by atoms with Gasteiger partial charge < -0.3 is 10.2 Å². The zero-order chi connectivity index (χ0) is 19.4. The third kappa shape index (κ3) is 5.63. The molecule has 1 aliphatic rings. The molecule has 154 valence electrons. The summed E-state index contributed by atoms with van der Waals surface area (Å²) in [5.74, 6) is 1.52. The van der Waals surface area contributed by atoms with Crippen LogP contribution in [0.1, 0.15) is 44.2 Å². The van der Waals surface area contributed by atoms with Gasteiger partial charge in [-0.3, -0.25) is 9.67 Å². The molecule has 1 fully saturated rings. The lowest BCUT2D eigenvalue weighted by Gasteiger charge is -2.26. The molecule has 0 radical (unpaired) electrons. The van der Waals surface area contributed by atoms with Crippen LogP contribution in [0.2, 0.25) is 5.02 Å². The van der Waals surface area contributed by atoms with E-state index in [9.17, 15) is 0 Å². The second-order valence-corrected chi connectivity index (χ2v) is 8.38. The zero-order valence-electron chi connectivity index (χ0n) is 17.2. The zero-order valence-corrected chi connectivity index (χ0v) is 20.2. The molecule has 28 heavy (non-hydrogen) atoms. The summed E-state index contributed by atoms with van der Waals surface area (Å²) in [4.78, 5) is 7.34. The molecular weight excluding hydrogens is 485 g/mol. The predicted molar refractivity (Wildman–Crippen MR) is 128 cm³/mol. The van der Waals surface area contributed by atoms with Crippen LogP contribution in [0.25, 0.3) is 0 Å². The summed E-state index contributed by atoms with van der Waals surface area (Å²) >= 11 is 6.18. The smallest absolute Gasteiger partial charge is 0.193 e. The van der Waals surface area contributed by atoms with E-state index in [1.54, 1.807) is 0 Å². The quantitative estimate of drug-likeness (QED) is 0.364. The van der Waals surface area contributed by atoms with Crippen molar-refractivity contribution in [3.8, 4) is 0 Å². The van der Waals surface area contributed by atoms with E-state index in [0.29, 0.717) is 12.5 Å². The van der Waals surface area contributed by atoms with Crippen LogP contribution in [-0.4, -0.2) is 46.8 Å². The molecule has 5 nitrogen and oxygen atoms in total. The Morgan fingerprint density at radius 3 is 2.82 bits per heavy atom. The highest BCUT2D eigenvalue weighted by molar-refractivity contribution is 14.0. The molecule has 1 aliphatic heterocycles. The van der Waals surface area contributed by atoms with E-state index in [4.69, 9.17) is 16.6 Å². The number of likely N-dealkylation sites (tertiary alicyclic amines) is 1. The van der Waals surface area contributed by atoms with E-state index in [1.165, 1.54) is 11.1 Å². The second kappa shape index (κ2) is 9.96. The molecular formula is C21H31ClIN5. The molecule has 0 amide bonds. The van der Waals surface area contributed by atoms with Crippen LogP contribution in [0, 0.1) is 0 Å². The SMILES string of the molecule is CCNC(=NCC(C)(C)c1cccc(Cl)c1)N1CCC(c2cnn(C)c2)C1.I. The molecule has 1 aromatic heterocycles. The highest BCUT2D eigenvalue weighted by Gasteiger charge is 2.28. The molecule has 1 unspecified atom stereocenters. The first-order valence-corrected chi connectivity index (χ1v) is 10.0. The minimum Gasteiger partial charge on any atom is -0.357 e. The summed E-state index contributed by atoms with van der Waals surface area (Å²) in [5, 5.41) is 8.56. The highest BCUT2D eigenvalue weighted by Crippen LogP contribution is 2.28. The summed E-state index contributed by atoms with van der Waals surface area (Å²) in [6, 6.07) is 8.09. The number of guanidine groups is 1. The fourth-order valence-electron chi connectivity index (χ4n) is 3.57. The molecule has 7 heteroatoms. The van der Waals surface area contributed by atoms with Crippen molar-refractivity contribution in [1.82, 2.24) is 20.0 Å². The molecule has 1 N–H and O–H groups in total. The molecule has 0 bridgehead atoms. The lowest BCUT2D eigenvalue weighted by Crippen LogP contribution is -2.41. The van der Waals surface area contributed by atoms with Gasteiger partial charge in [-0.05, 0) is 36.6 Å². The third-order valence-electron chi connectivity index (χ3n) is 5.25. The van der Waals surface area contributed by atoms with Crippen molar-refractivity contribution in [3.63, 3.8) is 0 Å². The molecule has 1 atom stereocenters. The first kappa shape index (κ1) is 23.0. The van der Waals surface area contributed by atoms with Gasteiger partial charge in [-0.15, -0.1) is 24.0 Å². The van der Waals surface area contributed by atoms with Crippen molar-refractivity contribution >= 4 is 41.5 Å². The maximum absolute atomic E-state index is 6.18. The Morgan fingerprint density at radius 1 is 1.39 bits per heavy atom. The van der Waals surface area contributed by atoms with Gasteiger partial charge in [0.05, 0.1) is 12.7 Å². The van der Waals surface area contributed by atoms with Gasteiger partial charge in [-0.1, -0.05) is 37.6 Å². The molecule has 3 rings (SSSR count). The van der Waals surface area contributed by atoms with Gasteiger partial charge >= 0.3 is 0 Å². The predicted octanol–water partition coefficient (Wildman–Crippen LogP) is 4.42. The highest BCUT2D eigenvalue weighted by atomic mass is 127. The van der Waals surface area contributed by atoms with Gasteiger partial charge in [0.15, 0.2) is 5.96 Å². The maximum atomic E-state index is 6.18. The number of aryl methyl sites for hydroxylation is 1. The summed E-state index contributed by atoms with van der Waals surface area (Å²) < 4.78 is 1.88. The van der Waals surface area contributed by atoms with Gasteiger partial charge in [-0.25, -0.2) is 0 Å². The average Bonchev–Trinajstić information content (AvgIpc) is 3.27. The molecule has 2 aromatic rings. The van der Waals surface area contributed by atoms with Gasteiger partial charge in [-0.2, -0.15) is 5.10 Å². The van der Waals surface area contributed by atoms with Crippen LogP contribution >= 0.6 is 35.6 Å². The lowest BCUT2D eigenvalue weighted by molar-refractivity contribution is 0.474. The summed E-state index contributed by atoms with van der Waals surface area (Å²) in [5.41, 5.74) is 2.45. The topological polar surface area (TPSA) is 45.5 Å². The molecule has 0 saturated carbocycles. The second-order valence-electron chi connectivity index (χ2n) is 7.94. The largest absolute Gasteiger partial charge is 0.357 e. The summed E-state index contributed by atoms with van der Waals surface area (Å²) in [6.07, 6.45) is 5.24. The number of benzene rings is 1. The fraction of sp³-hybridized carbons (Fsp3) is 0.524. The number of halogens is 2. The number of nitrogens with zero attached hydrogens (tertiary/aromatic N) is 4. The maximum Gasteiger partial charge on any atom is 0.193 e. The number of nitrogens with one attached hydrogen (secondary N) is 1. The summed E-state index contributed by atoms with van der Waals surface area (Å²) in [7, 11) is 1.97. The van der Waals surface area contributed by atoms with Crippen molar-refractivity contribution in [2.45, 2.75) is 38.5 Å². The Hall–Kier alpha value is -1.28. The van der Waals surface area contributed by atoms with Crippen LogP contribution in [0.5, 0.6) is 0 Å². The van der Waals surface area contributed by atoms with Crippen LogP contribution in [-0.2, 0) is 12.5 Å². The van der Waals surface area contributed by atoms with Crippen LogP contribution < -0.4 is 5.32 Å². The molecule has 0 spiro atoms. The van der Waals surface area contributed by atoms with E-state index >= 15 is 0 Å². The standard InChI is InChI=1S/C21H30ClN5.HI/c1-5-23-20(24-15-21(2,3)18-7-6-8-19(22)11-18)27-10-9-16(14-27)17-12-25-26(4)13-17;/h6-8,11-13,16H,5,9-10,14-15H2,1-4H3,(H,23,24);1H. The van der Waals surface area contributed by atoms with Gasteiger partial charge in [0.25, 0.3) is 0 Å². The number of aromatic nitrogens is 2. The van der Waals surface area contributed by atoms with Crippen LogP contribution in [0.3, 0.4) is 0 Å². The minimum absolute atomic E-state index is 0. The molecule has 1 saturated heterocycles. The first-order valence-electron chi connectivity index (χ1n) is 9.67. The Kier molecular flexibility index (Phi) is 8.18. The normalized spacial score (nSPS) is 17.5. The molecule has 0 aliphatic carbocycles. The van der Waals surface area contributed by atoms with Gasteiger partial charge in [0.1, 0.15) is 0 Å². The van der Waals surface area contributed by atoms with Gasteiger partial charge in [0.2, 0.25) is 0 Å². The molecule has 1 aromatic carbocycles.